The highest BCUT2D eigenvalue weighted by Gasteiger charge is 2.41. The van der Waals surface area contributed by atoms with Crippen LogP contribution in [0.1, 0.15) is 24.2 Å². The van der Waals surface area contributed by atoms with E-state index in [2.05, 4.69) is 5.43 Å². The van der Waals surface area contributed by atoms with E-state index in [9.17, 15) is 9.59 Å². The smallest absolute Gasteiger partial charge is 0.429 e. The SMILES string of the molecule is C[C@H]1[C@H](c2ccccc2)OC(=O)N1NC(=O)OCc1ccccc1. The van der Waals surface area contributed by atoms with Gasteiger partial charge in [0.15, 0.2) is 6.10 Å². The Bertz CT molecular complexity index is 705. The summed E-state index contributed by atoms with van der Waals surface area (Å²) in [5.74, 6) is 0. The second kappa shape index (κ2) is 7.04. The first-order valence-corrected chi connectivity index (χ1v) is 7.67. The average molecular weight is 326 g/mol. The molecule has 2 amide bonds. The molecule has 6 nitrogen and oxygen atoms in total. The van der Waals surface area contributed by atoms with Crippen molar-refractivity contribution in [2.45, 2.75) is 25.7 Å². The number of nitrogens with one attached hydrogen (secondary N) is 1. The van der Waals surface area contributed by atoms with E-state index in [0.29, 0.717) is 0 Å². The summed E-state index contributed by atoms with van der Waals surface area (Å²) >= 11 is 0. The third-order valence-corrected chi connectivity index (χ3v) is 3.82. The van der Waals surface area contributed by atoms with Crippen LogP contribution in [0.2, 0.25) is 0 Å². The number of carbonyl (C=O) groups is 2. The molecule has 3 rings (SSSR count). The van der Waals surface area contributed by atoms with Crippen molar-refractivity contribution in [2.24, 2.45) is 0 Å². The molecule has 0 unspecified atom stereocenters. The number of ether oxygens (including phenoxy) is 2. The second-order valence-corrected chi connectivity index (χ2v) is 5.50. The Hall–Kier alpha value is -3.02. The summed E-state index contributed by atoms with van der Waals surface area (Å²) in [5, 5.41) is 1.16. The predicted octanol–water partition coefficient (Wildman–Crippen LogP) is 3.41. The maximum atomic E-state index is 12.0. The Kier molecular flexibility index (Phi) is 4.65. The third kappa shape index (κ3) is 3.48. The molecule has 0 aliphatic carbocycles. The van der Waals surface area contributed by atoms with E-state index < -0.39 is 18.3 Å². The highest BCUT2D eigenvalue weighted by Crippen LogP contribution is 2.30. The summed E-state index contributed by atoms with van der Waals surface area (Å²) in [4.78, 5) is 23.9. The minimum Gasteiger partial charge on any atom is -0.443 e. The summed E-state index contributed by atoms with van der Waals surface area (Å²) in [6.45, 7) is 1.94. The highest BCUT2D eigenvalue weighted by molar-refractivity contribution is 5.76. The average Bonchev–Trinajstić information content (AvgIpc) is 2.90. The summed E-state index contributed by atoms with van der Waals surface area (Å²) in [6, 6.07) is 18.4. The van der Waals surface area contributed by atoms with Gasteiger partial charge in [0, 0.05) is 0 Å². The Morgan fingerprint density at radius 3 is 2.42 bits per heavy atom. The number of nitrogens with zero attached hydrogens (tertiary/aromatic N) is 1. The van der Waals surface area contributed by atoms with E-state index in [1.807, 2.05) is 60.7 Å². The first-order valence-electron chi connectivity index (χ1n) is 7.67. The Morgan fingerprint density at radius 2 is 1.75 bits per heavy atom. The van der Waals surface area contributed by atoms with Crippen molar-refractivity contribution >= 4 is 12.2 Å². The number of cyclic esters (lactones) is 1. The first-order chi connectivity index (χ1) is 11.6. The van der Waals surface area contributed by atoms with Gasteiger partial charge >= 0.3 is 12.2 Å². The minimum atomic E-state index is -0.698. The van der Waals surface area contributed by atoms with Gasteiger partial charge in [0.25, 0.3) is 0 Å². The molecule has 24 heavy (non-hydrogen) atoms. The Morgan fingerprint density at radius 1 is 1.12 bits per heavy atom. The van der Waals surface area contributed by atoms with Crippen molar-refractivity contribution in [1.82, 2.24) is 10.4 Å². The third-order valence-electron chi connectivity index (χ3n) is 3.82. The Balaban J connectivity index is 1.58. The lowest BCUT2D eigenvalue weighted by Gasteiger charge is -2.21. The van der Waals surface area contributed by atoms with E-state index in [1.54, 1.807) is 6.92 Å². The lowest BCUT2D eigenvalue weighted by molar-refractivity contribution is 0.100. The van der Waals surface area contributed by atoms with Gasteiger partial charge in [0.1, 0.15) is 6.61 Å². The monoisotopic (exact) mass is 326 g/mol. The zero-order chi connectivity index (χ0) is 16.9. The quantitative estimate of drug-likeness (QED) is 0.935. The van der Waals surface area contributed by atoms with Gasteiger partial charge in [-0.2, -0.15) is 0 Å². The zero-order valence-electron chi connectivity index (χ0n) is 13.2. The second-order valence-electron chi connectivity index (χ2n) is 5.50. The van der Waals surface area contributed by atoms with Crippen LogP contribution < -0.4 is 5.43 Å². The minimum absolute atomic E-state index is 0.131. The van der Waals surface area contributed by atoms with Crippen LogP contribution in [-0.4, -0.2) is 23.2 Å². The molecular weight excluding hydrogens is 308 g/mol. The first kappa shape index (κ1) is 15.9. The van der Waals surface area contributed by atoms with Gasteiger partial charge < -0.3 is 9.47 Å². The molecule has 0 radical (unpaired) electrons. The van der Waals surface area contributed by atoms with Gasteiger partial charge in [-0.3, -0.25) is 0 Å². The van der Waals surface area contributed by atoms with Crippen molar-refractivity contribution in [3.8, 4) is 0 Å². The topological polar surface area (TPSA) is 67.9 Å². The van der Waals surface area contributed by atoms with Crippen molar-refractivity contribution in [2.75, 3.05) is 0 Å². The van der Waals surface area contributed by atoms with Crippen LogP contribution in [0, 0.1) is 0 Å². The Labute approximate surface area is 140 Å². The van der Waals surface area contributed by atoms with Gasteiger partial charge in [-0.15, -0.1) is 0 Å². The fourth-order valence-electron chi connectivity index (χ4n) is 2.56. The maximum Gasteiger partial charge on any atom is 0.429 e. The largest absolute Gasteiger partial charge is 0.443 e. The summed E-state index contributed by atoms with van der Waals surface area (Å²) in [5.41, 5.74) is 4.19. The highest BCUT2D eigenvalue weighted by atomic mass is 16.6. The van der Waals surface area contributed by atoms with Crippen LogP contribution in [0.25, 0.3) is 0 Å². The summed E-state index contributed by atoms with van der Waals surface area (Å²) < 4.78 is 10.5. The van der Waals surface area contributed by atoms with Crippen LogP contribution in [0.4, 0.5) is 9.59 Å². The molecule has 0 bridgehead atoms. The van der Waals surface area contributed by atoms with E-state index in [4.69, 9.17) is 9.47 Å². The fourth-order valence-corrected chi connectivity index (χ4v) is 2.56. The molecule has 0 spiro atoms. The maximum absolute atomic E-state index is 12.0. The van der Waals surface area contributed by atoms with Crippen LogP contribution in [0.15, 0.2) is 60.7 Å². The van der Waals surface area contributed by atoms with E-state index in [0.717, 1.165) is 16.1 Å². The normalized spacial score (nSPS) is 19.7. The molecule has 1 aliphatic heterocycles. The number of hydrogen-bond donors (Lipinski definition) is 1. The van der Waals surface area contributed by atoms with Gasteiger partial charge in [-0.1, -0.05) is 60.7 Å². The molecule has 1 saturated heterocycles. The van der Waals surface area contributed by atoms with Crippen LogP contribution in [-0.2, 0) is 16.1 Å². The molecule has 124 valence electrons. The molecule has 1 aliphatic rings. The predicted molar refractivity (Wildman–Crippen MR) is 86.7 cm³/mol. The van der Waals surface area contributed by atoms with E-state index in [1.165, 1.54) is 0 Å². The van der Waals surface area contributed by atoms with Gasteiger partial charge in [-0.05, 0) is 18.1 Å². The number of benzene rings is 2. The van der Waals surface area contributed by atoms with Crippen LogP contribution >= 0.6 is 0 Å². The van der Waals surface area contributed by atoms with Crippen LogP contribution in [0.5, 0.6) is 0 Å². The van der Waals surface area contributed by atoms with Gasteiger partial charge in [0.05, 0.1) is 6.04 Å². The molecule has 6 heteroatoms. The molecule has 2 aromatic carbocycles. The molecule has 1 fully saturated rings. The standard InChI is InChI=1S/C18H18N2O4/c1-13-16(15-10-6-3-7-11-15)24-18(22)20(13)19-17(21)23-12-14-8-4-2-5-9-14/h2-11,13,16H,12H2,1H3,(H,19,21)/t13-,16+/m0/s1. The van der Waals surface area contributed by atoms with Crippen molar-refractivity contribution < 1.29 is 19.1 Å². The molecule has 2 atom stereocenters. The van der Waals surface area contributed by atoms with E-state index >= 15 is 0 Å². The molecule has 0 saturated carbocycles. The van der Waals surface area contributed by atoms with Crippen molar-refractivity contribution in [3.63, 3.8) is 0 Å². The number of hydrazine groups is 1. The fraction of sp³-hybridized carbons (Fsp3) is 0.222. The summed E-state index contributed by atoms with van der Waals surface area (Å²) in [6.07, 6.45) is -1.74. The molecule has 0 aromatic heterocycles. The lowest BCUT2D eigenvalue weighted by Crippen LogP contribution is -2.47. The molecule has 1 N–H and O–H groups in total. The summed E-state index contributed by atoms with van der Waals surface area (Å²) in [7, 11) is 0. The van der Waals surface area contributed by atoms with Gasteiger partial charge in [-0.25, -0.2) is 20.0 Å². The van der Waals surface area contributed by atoms with Crippen molar-refractivity contribution in [3.05, 3.63) is 71.8 Å². The number of hydrogen-bond acceptors (Lipinski definition) is 4. The van der Waals surface area contributed by atoms with E-state index in [-0.39, 0.29) is 12.6 Å². The van der Waals surface area contributed by atoms with Crippen LogP contribution in [0.3, 0.4) is 0 Å². The molecule has 1 heterocycles. The number of rotatable bonds is 4. The molecule has 2 aromatic rings. The number of carbonyl (C=O) groups excluding carboxylic acids is 2. The van der Waals surface area contributed by atoms with Gasteiger partial charge in [0.2, 0.25) is 0 Å². The van der Waals surface area contributed by atoms with Crippen molar-refractivity contribution in [1.29, 1.82) is 0 Å². The molecular formula is C18H18N2O4. The number of amides is 2. The lowest BCUT2D eigenvalue weighted by atomic mass is 10.0. The zero-order valence-corrected chi connectivity index (χ0v) is 13.2.